The lowest BCUT2D eigenvalue weighted by Gasteiger charge is -2.17. The highest BCUT2D eigenvalue weighted by molar-refractivity contribution is 5.00. The van der Waals surface area contributed by atoms with Crippen LogP contribution in [0.5, 0.6) is 0 Å². The Morgan fingerprint density at radius 3 is 2.75 bits per heavy atom. The van der Waals surface area contributed by atoms with Gasteiger partial charge in [0, 0.05) is 5.92 Å². The zero-order valence-corrected chi connectivity index (χ0v) is 10.3. The first-order chi connectivity index (χ1) is 7.83. The lowest BCUT2D eigenvalue weighted by atomic mass is 10.3. The van der Waals surface area contributed by atoms with Crippen LogP contribution in [0.3, 0.4) is 0 Å². The maximum Gasteiger partial charge on any atom is 0.230 e. The molecule has 1 fully saturated rings. The van der Waals surface area contributed by atoms with Crippen LogP contribution in [0.4, 0.5) is 0 Å². The molecule has 0 radical (unpaired) electrons. The highest BCUT2D eigenvalue weighted by atomic mass is 16.4. The highest BCUT2D eigenvalue weighted by Gasteiger charge is 2.29. The fourth-order valence-electron chi connectivity index (χ4n) is 1.75. The molecule has 1 aliphatic carbocycles. The molecule has 16 heavy (non-hydrogen) atoms. The van der Waals surface area contributed by atoms with Crippen LogP contribution in [0.1, 0.15) is 57.2 Å². The second-order valence-electron chi connectivity index (χ2n) is 4.53. The summed E-state index contributed by atoms with van der Waals surface area (Å²) < 4.78 is 5.66. The van der Waals surface area contributed by atoms with Crippen molar-refractivity contribution in [3.63, 3.8) is 0 Å². The first-order valence-corrected chi connectivity index (χ1v) is 6.38. The highest BCUT2D eigenvalue weighted by Crippen LogP contribution is 2.39. The van der Waals surface area contributed by atoms with E-state index >= 15 is 0 Å². The van der Waals surface area contributed by atoms with Crippen molar-refractivity contribution in [2.75, 3.05) is 13.1 Å². The zero-order chi connectivity index (χ0) is 11.4. The molecule has 1 heterocycles. The van der Waals surface area contributed by atoms with E-state index in [0.717, 1.165) is 31.4 Å². The number of hydrogen-bond acceptors (Lipinski definition) is 4. The van der Waals surface area contributed by atoms with Gasteiger partial charge in [0.05, 0.1) is 6.54 Å². The van der Waals surface area contributed by atoms with Crippen molar-refractivity contribution in [3.8, 4) is 0 Å². The molecule has 2 rings (SSSR count). The van der Waals surface area contributed by atoms with Gasteiger partial charge in [-0.15, -0.1) is 10.2 Å². The topological polar surface area (TPSA) is 42.2 Å². The fraction of sp³-hybridized carbons (Fsp3) is 0.833. The maximum absolute atomic E-state index is 5.66. The minimum atomic E-state index is 0.562. The molecule has 0 spiro atoms. The molecule has 0 bridgehead atoms. The molecular formula is C12H21N3O. The van der Waals surface area contributed by atoms with E-state index in [1.165, 1.54) is 25.7 Å². The normalized spacial score (nSPS) is 15.9. The standard InChI is InChI=1S/C12H21N3O/c1-3-5-8-15(4-2)9-11-13-14-12(16-11)10-6-7-10/h10H,3-9H2,1-2H3. The van der Waals surface area contributed by atoms with Gasteiger partial charge in [-0.1, -0.05) is 20.3 Å². The van der Waals surface area contributed by atoms with Crippen LogP contribution in [0.2, 0.25) is 0 Å². The molecule has 1 aromatic rings. The van der Waals surface area contributed by atoms with Crippen LogP contribution >= 0.6 is 0 Å². The number of unbranched alkanes of at least 4 members (excludes halogenated alkanes) is 1. The average Bonchev–Trinajstić information content (AvgIpc) is 3.05. The van der Waals surface area contributed by atoms with Crippen molar-refractivity contribution in [3.05, 3.63) is 11.8 Å². The van der Waals surface area contributed by atoms with Gasteiger partial charge in [0.25, 0.3) is 0 Å². The van der Waals surface area contributed by atoms with Crippen LogP contribution in [0, 0.1) is 0 Å². The molecule has 0 saturated heterocycles. The Hall–Kier alpha value is -0.900. The van der Waals surface area contributed by atoms with Gasteiger partial charge in [0.15, 0.2) is 0 Å². The molecule has 0 atom stereocenters. The van der Waals surface area contributed by atoms with E-state index in [1.54, 1.807) is 0 Å². The van der Waals surface area contributed by atoms with E-state index in [0.29, 0.717) is 5.92 Å². The van der Waals surface area contributed by atoms with Crippen molar-refractivity contribution in [2.45, 2.75) is 52.0 Å². The van der Waals surface area contributed by atoms with E-state index in [9.17, 15) is 0 Å². The monoisotopic (exact) mass is 223 g/mol. The number of nitrogens with zero attached hydrogens (tertiary/aromatic N) is 3. The smallest absolute Gasteiger partial charge is 0.230 e. The van der Waals surface area contributed by atoms with Gasteiger partial charge < -0.3 is 4.42 Å². The summed E-state index contributed by atoms with van der Waals surface area (Å²) in [6, 6.07) is 0. The van der Waals surface area contributed by atoms with Crippen LogP contribution in [-0.4, -0.2) is 28.2 Å². The molecule has 0 unspecified atom stereocenters. The molecule has 90 valence electrons. The summed E-state index contributed by atoms with van der Waals surface area (Å²) in [5.41, 5.74) is 0. The molecule has 4 heteroatoms. The third-order valence-electron chi connectivity index (χ3n) is 3.04. The lowest BCUT2D eigenvalue weighted by Crippen LogP contribution is -2.24. The minimum absolute atomic E-state index is 0.562. The Labute approximate surface area is 97.0 Å². The van der Waals surface area contributed by atoms with Gasteiger partial charge in [0.2, 0.25) is 11.8 Å². The number of rotatable bonds is 7. The fourth-order valence-corrected chi connectivity index (χ4v) is 1.75. The first kappa shape index (κ1) is 11.6. The molecule has 1 saturated carbocycles. The number of hydrogen-bond donors (Lipinski definition) is 0. The summed E-state index contributed by atoms with van der Waals surface area (Å²) in [4.78, 5) is 2.35. The van der Waals surface area contributed by atoms with Gasteiger partial charge >= 0.3 is 0 Å². The summed E-state index contributed by atoms with van der Waals surface area (Å²) in [5, 5.41) is 8.22. The van der Waals surface area contributed by atoms with E-state index < -0.39 is 0 Å². The summed E-state index contributed by atoms with van der Waals surface area (Å²) in [6.45, 7) is 7.35. The first-order valence-electron chi connectivity index (χ1n) is 6.38. The largest absolute Gasteiger partial charge is 0.424 e. The van der Waals surface area contributed by atoms with Crippen LogP contribution in [0.15, 0.2) is 4.42 Å². The zero-order valence-electron chi connectivity index (χ0n) is 10.3. The van der Waals surface area contributed by atoms with Gasteiger partial charge in [-0.05, 0) is 32.4 Å². The van der Waals surface area contributed by atoms with E-state index in [4.69, 9.17) is 4.42 Å². The summed E-state index contributed by atoms with van der Waals surface area (Å²) >= 11 is 0. The summed E-state index contributed by atoms with van der Waals surface area (Å²) in [5.74, 6) is 2.19. The van der Waals surface area contributed by atoms with Crippen molar-refractivity contribution in [1.82, 2.24) is 15.1 Å². The molecule has 0 aliphatic heterocycles. The van der Waals surface area contributed by atoms with Gasteiger partial charge in [-0.3, -0.25) is 4.90 Å². The molecule has 1 aliphatic rings. The van der Waals surface area contributed by atoms with Gasteiger partial charge in [-0.2, -0.15) is 0 Å². The van der Waals surface area contributed by atoms with E-state index in [2.05, 4.69) is 28.9 Å². The Morgan fingerprint density at radius 2 is 2.12 bits per heavy atom. The summed E-state index contributed by atoms with van der Waals surface area (Å²) in [6.07, 6.45) is 4.90. The predicted octanol–water partition coefficient (Wildman–Crippen LogP) is 2.57. The molecular weight excluding hydrogens is 202 g/mol. The molecule has 0 amide bonds. The second kappa shape index (κ2) is 5.43. The Bertz CT molecular complexity index is 320. The van der Waals surface area contributed by atoms with Crippen molar-refractivity contribution in [1.29, 1.82) is 0 Å². The molecule has 1 aromatic heterocycles. The lowest BCUT2D eigenvalue weighted by molar-refractivity contribution is 0.244. The maximum atomic E-state index is 5.66. The van der Waals surface area contributed by atoms with Crippen molar-refractivity contribution >= 4 is 0 Å². The quantitative estimate of drug-likeness (QED) is 0.712. The van der Waals surface area contributed by atoms with Gasteiger partial charge in [0.1, 0.15) is 0 Å². The third kappa shape index (κ3) is 3.04. The molecule has 0 N–H and O–H groups in total. The summed E-state index contributed by atoms with van der Waals surface area (Å²) in [7, 11) is 0. The van der Waals surface area contributed by atoms with Gasteiger partial charge in [-0.25, -0.2) is 0 Å². The Morgan fingerprint density at radius 1 is 1.31 bits per heavy atom. The molecule has 4 nitrogen and oxygen atoms in total. The Kier molecular flexibility index (Phi) is 3.93. The third-order valence-corrected chi connectivity index (χ3v) is 3.04. The van der Waals surface area contributed by atoms with Crippen LogP contribution < -0.4 is 0 Å². The van der Waals surface area contributed by atoms with E-state index in [1.807, 2.05) is 0 Å². The van der Waals surface area contributed by atoms with Crippen LogP contribution in [0.25, 0.3) is 0 Å². The minimum Gasteiger partial charge on any atom is -0.424 e. The van der Waals surface area contributed by atoms with Crippen molar-refractivity contribution in [2.24, 2.45) is 0 Å². The Balaban J connectivity index is 1.85. The number of aromatic nitrogens is 2. The van der Waals surface area contributed by atoms with Crippen LogP contribution in [-0.2, 0) is 6.54 Å². The SMILES string of the molecule is CCCCN(CC)Cc1nnc(C2CC2)o1. The van der Waals surface area contributed by atoms with E-state index in [-0.39, 0.29) is 0 Å². The second-order valence-corrected chi connectivity index (χ2v) is 4.53. The predicted molar refractivity (Wildman–Crippen MR) is 62.1 cm³/mol. The molecule has 0 aromatic carbocycles. The van der Waals surface area contributed by atoms with Crippen molar-refractivity contribution < 1.29 is 4.42 Å². The average molecular weight is 223 g/mol.